The molecule has 2 nitrogen and oxygen atoms in total. The first-order valence-corrected chi connectivity index (χ1v) is 23.1. The van der Waals surface area contributed by atoms with Crippen LogP contribution in [0.25, 0.3) is 120 Å². The third kappa shape index (κ3) is 6.48. The molecule has 10 aromatic carbocycles. The lowest BCUT2D eigenvalue weighted by atomic mass is 9.94. The van der Waals surface area contributed by atoms with Gasteiger partial charge in [-0.2, -0.15) is 0 Å². The maximum Gasteiger partial charge on any atom is 0.136 e. The lowest BCUT2D eigenvalue weighted by Gasteiger charge is -2.14. The largest absolute Gasteiger partial charge is 0.456 e. The van der Waals surface area contributed by atoms with Crippen LogP contribution in [-0.2, 0) is 0 Å². The third-order valence-corrected chi connectivity index (χ3v) is 13.8. The van der Waals surface area contributed by atoms with Crippen molar-refractivity contribution in [1.29, 1.82) is 0 Å². The van der Waals surface area contributed by atoms with E-state index in [0.29, 0.717) is 0 Å². The van der Waals surface area contributed by atoms with Crippen LogP contribution in [0.3, 0.4) is 0 Å². The maximum atomic E-state index is 6.61. The van der Waals surface area contributed by atoms with Crippen molar-refractivity contribution in [3.63, 3.8) is 0 Å². The number of hydrogen-bond donors (Lipinski definition) is 0. The van der Waals surface area contributed by atoms with E-state index < -0.39 is 0 Å². The lowest BCUT2D eigenvalue weighted by Crippen LogP contribution is -1.94. The Balaban J connectivity index is 0.000000317. The topological polar surface area (TPSA) is 18.1 Å². The zero-order chi connectivity index (χ0) is 45.2. The Bertz CT molecular complexity index is 4050. The summed E-state index contributed by atoms with van der Waals surface area (Å²) in [5, 5.41) is 15.3. The van der Waals surface area contributed by atoms with Crippen molar-refractivity contribution in [2.24, 2.45) is 0 Å². The number of benzene rings is 10. The van der Waals surface area contributed by atoms with Crippen molar-refractivity contribution >= 4 is 104 Å². The highest BCUT2D eigenvalue weighted by atomic mass is 16.3. The molecular weight excluding hydrogens is 811 g/mol. The number of hydrogen-bond acceptors (Lipinski definition) is 1. The van der Waals surface area contributed by atoms with Crippen molar-refractivity contribution in [1.82, 2.24) is 4.57 Å². The number of rotatable bonds is 4. The first-order valence-electron chi connectivity index (χ1n) is 23.1. The summed E-state index contributed by atoms with van der Waals surface area (Å²) >= 11 is 0. The number of aromatic nitrogens is 1. The van der Waals surface area contributed by atoms with Crippen LogP contribution in [0.1, 0.15) is 36.5 Å². The summed E-state index contributed by atoms with van der Waals surface area (Å²) in [4.78, 5) is 0. The van der Waals surface area contributed by atoms with E-state index in [4.69, 9.17) is 4.42 Å². The minimum Gasteiger partial charge on any atom is -0.456 e. The average Bonchev–Trinajstić information content (AvgIpc) is 4.05. The fourth-order valence-electron chi connectivity index (χ4n) is 10.8. The highest BCUT2D eigenvalue weighted by Crippen LogP contribution is 2.50. The molecule has 2 heterocycles. The van der Waals surface area contributed by atoms with Crippen LogP contribution in [0.4, 0.5) is 0 Å². The molecule has 0 saturated heterocycles. The summed E-state index contributed by atoms with van der Waals surface area (Å²) < 4.78 is 9.05. The van der Waals surface area contributed by atoms with E-state index in [1.165, 1.54) is 120 Å². The number of para-hydroxylation sites is 1. The quantitative estimate of drug-likeness (QED) is 0.127. The number of allylic oxidation sites excluding steroid dienone is 7. The molecule has 0 atom stereocenters. The monoisotopic (exact) mass is 857 g/mol. The Kier molecular flexibility index (Phi) is 9.69. The smallest absolute Gasteiger partial charge is 0.136 e. The second kappa shape index (κ2) is 16.2. The van der Waals surface area contributed by atoms with Gasteiger partial charge in [0.15, 0.2) is 0 Å². The summed E-state index contributed by atoms with van der Waals surface area (Å²) in [6, 6.07) is 66.4. The van der Waals surface area contributed by atoms with Gasteiger partial charge in [0.2, 0.25) is 0 Å². The van der Waals surface area contributed by atoms with E-state index in [1.807, 2.05) is 25.1 Å². The van der Waals surface area contributed by atoms with E-state index in [2.05, 4.69) is 200 Å². The standard InChI is InChI=1S/C52H31NO.C9H10.C4H6/c1-2-12-35-33(10-1)34-11-3-5-14-37(34)43-28-32(22-23-39(35)43)53-47-19-8-7-16-40(47)44-26-30(20-24-48(44)53)31-21-25-49-46(27-31)52-42-18-9-17-41-36-13-4-6-15-38(36)45(51(41)42)29-50(52)54-49;1-8(2)9-6-4-3-5-7-9;1-3-4-2/h1-5,7-14,16-29H,6,15H2;3-7H,1H2,2H3;3-4H,1-2H2. The molecule has 12 aromatic rings. The van der Waals surface area contributed by atoms with Gasteiger partial charge >= 0.3 is 0 Å². The normalized spacial score (nSPS) is 12.8. The van der Waals surface area contributed by atoms with E-state index in [9.17, 15) is 0 Å². The molecule has 0 spiro atoms. The molecule has 0 saturated carbocycles. The summed E-state index contributed by atoms with van der Waals surface area (Å²) in [7, 11) is 0. The molecule has 2 aromatic heterocycles. The minimum atomic E-state index is 0.935. The average molecular weight is 858 g/mol. The number of fused-ring (bicyclic) bond motifs is 15. The Hall–Kier alpha value is -8.46. The first kappa shape index (κ1) is 40.1. The van der Waals surface area contributed by atoms with Crippen LogP contribution >= 0.6 is 0 Å². The lowest BCUT2D eigenvalue weighted by molar-refractivity contribution is 0.669. The summed E-state index contributed by atoms with van der Waals surface area (Å²) in [5.74, 6) is 0. The molecule has 0 radical (unpaired) electrons. The summed E-state index contributed by atoms with van der Waals surface area (Å²) in [6.45, 7) is 12.6. The predicted octanol–water partition coefficient (Wildman–Crippen LogP) is 18.6. The zero-order valence-electron chi connectivity index (χ0n) is 37.5. The van der Waals surface area contributed by atoms with Crippen LogP contribution in [-0.4, -0.2) is 4.57 Å². The maximum absolute atomic E-state index is 6.61. The van der Waals surface area contributed by atoms with Gasteiger partial charge in [0.05, 0.1) is 11.0 Å². The highest BCUT2D eigenvalue weighted by Gasteiger charge is 2.27. The third-order valence-electron chi connectivity index (χ3n) is 13.8. The molecule has 2 aliphatic rings. The van der Waals surface area contributed by atoms with Gasteiger partial charge in [-0.15, -0.1) is 0 Å². The molecule has 0 amide bonds. The van der Waals surface area contributed by atoms with E-state index in [0.717, 1.165) is 29.6 Å². The Morgan fingerprint density at radius 2 is 1.10 bits per heavy atom. The second-order valence-electron chi connectivity index (χ2n) is 17.7. The fourth-order valence-corrected chi connectivity index (χ4v) is 10.8. The molecular formula is C65H47NO. The Morgan fingerprint density at radius 1 is 0.493 bits per heavy atom. The Morgan fingerprint density at radius 3 is 1.81 bits per heavy atom. The van der Waals surface area contributed by atoms with E-state index in [1.54, 1.807) is 12.2 Å². The molecule has 14 rings (SSSR count). The van der Waals surface area contributed by atoms with Crippen LogP contribution in [0, 0.1) is 0 Å². The summed E-state index contributed by atoms with van der Waals surface area (Å²) in [6.07, 6.45) is 10.1. The van der Waals surface area contributed by atoms with Crippen LogP contribution in [0.15, 0.2) is 230 Å². The molecule has 0 fully saturated rings. The van der Waals surface area contributed by atoms with Crippen molar-refractivity contribution in [3.05, 3.63) is 243 Å². The molecule has 318 valence electrons. The molecule has 2 aliphatic carbocycles. The Labute approximate surface area is 390 Å². The van der Waals surface area contributed by atoms with Gasteiger partial charge in [-0.25, -0.2) is 0 Å². The molecule has 0 aliphatic heterocycles. The predicted molar refractivity (Wildman–Crippen MR) is 290 cm³/mol. The minimum absolute atomic E-state index is 0.935. The zero-order valence-corrected chi connectivity index (χ0v) is 37.5. The molecule has 0 bridgehead atoms. The first-order chi connectivity index (χ1) is 33.0. The fraction of sp³-hybridized carbons (Fsp3) is 0.0462. The molecule has 67 heavy (non-hydrogen) atoms. The van der Waals surface area contributed by atoms with Crippen LogP contribution in [0.5, 0.6) is 0 Å². The van der Waals surface area contributed by atoms with E-state index in [-0.39, 0.29) is 0 Å². The molecule has 2 heteroatoms. The van der Waals surface area contributed by atoms with Crippen molar-refractivity contribution in [2.45, 2.75) is 19.8 Å². The number of furan rings is 1. The molecule has 0 N–H and O–H groups in total. The van der Waals surface area contributed by atoms with E-state index >= 15 is 0 Å². The summed E-state index contributed by atoms with van der Waals surface area (Å²) in [5.41, 5.74) is 15.8. The van der Waals surface area contributed by atoms with Gasteiger partial charge in [0, 0.05) is 27.2 Å². The van der Waals surface area contributed by atoms with Crippen molar-refractivity contribution in [3.8, 4) is 16.8 Å². The number of nitrogens with zero attached hydrogens (tertiary/aromatic N) is 1. The van der Waals surface area contributed by atoms with Gasteiger partial charge in [0.1, 0.15) is 11.2 Å². The SMILES string of the molecule is C1=CC2=C(CC1)c1cc3oc4ccc(-c5ccc6c(c5)c5ccccc5n6-c5ccc6c7ccccc7c7ccccc7c6c5)cc4c3c3cccc2c13.C=C(C)c1ccccc1.C=CC=C. The van der Waals surface area contributed by atoms with Gasteiger partial charge < -0.3 is 8.98 Å². The van der Waals surface area contributed by atoms with Gasteiger partial charge in [0.25, 0.3) is 0 Å². The van der Waals surface area contributed by atoms with Crippen molar-refractivity contribution in [2.75, 3.05) is 0 Å². The second-order valence-corrected chi connectivity index (χ2v) is 17.7. The van der Waals surface area contributed by atoms with Gasteiger partial charge in [-0.3, -0.25) is 0 Å². The van der Waals surface area contributed by atoms with Gasteiger partial charge in [-0.1, -0.05) is 183 Å². The van der Waals surface area contributed by atoms with Crippen molar-refractivity contribution < 1.29 is 4.42 Å². The highest BCUT2D eigenvalue weighted by molar-refractivity contribution is 6.28. The molecule has 0 unspecified atom stereocenters. The van der Waals surface area contributed by atoms with Crippen LogP contribution < -0.4 is 0 Å². The van der Waals surface area contributed by atoms with Gasteiger partial charge in [-0.05, 0) is 150 Å². The van der Waals surface area contributed by atoms with Crippen LogP contribution in [0.2, 0.25) is 0 Å².